The van der Waals surface area contributed by atoms with Crippen LogP contribution in [0, 0.1) is 17.0 Å². The molecule has 5 aliphatic rings. The van der Waals surface area contributed by atoms with E-state index in [0.717, 1.165) is 25.7 Å². The first-order chi connectivity index (χ1) is 22.8. The molecular formula is C32H34ClF6N7O2. The van der Waals surface area contributed by atoms with Crippen molar-refractivity contribution in [3.05, 3.63) is 28.3 Å². The van der Waals surface area contributed by atoms with Gasteiger partial charge in [-0.25, -0.2) is 18.2 Å². The fourth-order valence-electron chi connectivity index (χ4n) is 7.92. The third-order valence-corrected chi connectivity index (χ3v) is 10.9. The summed E-state index contributed by atoms with van der Waals surface area (Å²) in [7, 11) is 0. The average molecular weight is 698 g/mol. The molecule has 4 aliphatic heterocycles. The number of benzene rings is 1. The summed E-state index contributed by atoms with van der Waals surface area (Å²) in [5.41, 5.74) is 1.18. The quantitative estimate of drug-likeness (QED) is 0.241. The highest BCUT2D eigenvalue weighted by Crippen LogP contribution is 2.50. The average Bonchev–Trinajstić information content (AvgIpc) is 3.73. The van der Waals surface area contributed by atoms with Crippen LogP contribution in [0.2, 0.25) is 5.02 Å². The number of nitrogens with zero attached hydrogens (tertiary/aromatic N) is 5. The zero-order chi connectivity index (χ0) is 33.7. The number of hydrogen-bond donors (Lipinski definition) is 2. The summed E-state index contributed by atoms with van der Waals surface area (Å²) in [6, 6.07) is 0.434. The van der Waals surface area contributed by atoms with E-state index in [1.54, 1.807) is 0 Å². The molecule has 3 saturated heterocycles. The van der Waals surface area contributed by atoms with Crippen molar-refractivity contribution in [1.29, 1.82) is 0 Å². The van der Waals surface area contributed by atoms with E-state index in [1.165, 1.54) is 0 Å². The van der Waals surface area contributed by atoms with Gasteiger partial charge in [-0.3, -0.25) is 0 Å². The molecule has 8 rings (SSSR count). The molecule has 0 unspecified atom stereocenters. The summed E-state index contributed by atoms with van der Waals surface area (Å²) in [6.07, 6.45) is -1.97. The highest BCUT2D eigenvalue weighted by atomic mass is 35.5. The van der Waals surface area contributed by atoms with E-state index in [9.17, 15) is 22.0 Å². The molecule has 258 valence electrons. The number of likely N-dealkylation sites (tertiary alicyclic amines) is 1. The molecule has 1 aliphatic carbocycles. The molecule has 3 aromatic rings. The van der Waals surface area contributed by atoms with Crippen molar-refractivity contribution in [2.75, 3.05) is 43.4 Å². The van der Waals surface area contributed by atoms with Gasteiger partial charge in [0.25, 0.3) is 0 Å². The number of nitrogen functional groups attached to an aromatic ring is 1. The maximum atomic E-state index is 16.8. The van der Waals surface area contributed by atoms with Gasteiger partial charge in [-0.15, -0.1) is 0 Å². The van der Waals surface area contributed by atoms with Gasteiger partial charge in [-0.1, -0.05) is 11.6 Å². The fraction of sp³-hybridized carbons (Fsp3) is 0.594. The second-order valence-corrected chi connectivity index (χ2v) is 14.3. The molecule has 4 fully saturated rings. The van der Waals surface area contributed by atoms with Gasteiger partial charge >= 0.3 is 12.2 Å². The van der Waals surface area contributed by atoms with E-state index in [1.807, 2.05) is 11.8 Å². The van der Waals surface area contributed by atoms with Gasteiger partial charge in [0.15, 0.2) is 11.6 Å². The SMILES string of the molecule is C[C@@H]1Oc2nc(-c3cc(N)c(F)c(Cl)c3C(F)(F)F)c(F)c3nc(OCC4(CN5CCC(F)CC5)CC4)nc(c23)N2C[C@H]3CC[C@H](N3)[C@@H]12. The Kier molecular flexibility index (Phi) is 7.57. The molecule has 4 atom stereocenters. The summed E-state index contributed by atoms with van der Waals surface area (Å²) in [5.74, 6) is -2.53. The topological polar surface area (TPSA) is 102 Å². The standard InChI is InChI=1S/C32H34ClF6N7O2/c1-14-27-19-3-2-16(41-19)11-46(27)28-20-26(43-30(44-28)47-13-31(6-7-31)12-45-8-4-15(34)5-9-45)24(36)25(42-29(20)48-14)17-10-18(40)23(35)22(33)21(17)32(37,38)39/h10,14-16,19,27,41H,2-9,11-13,40H2,1H3/t14-,16+,19-,27+/m0/s1. The van der Waals surface area contributed by atoms with Crippen LogP contribution in [0.1, 0.15) is 51.0 Å². The third-order valence-electron chi connectivity index (χ3n) is 10.5. The summed E-state index contributed by atoms with van der Waals surface area (Å²) in [5, 5.41) is 2.40. The van der Waals surface area contributed by atoms with E-state index >= 15 is 4.39 Å². The Morgan fingerprint density at radius 1 is 1.10 bits per heavy atom. The number of rotatable bonds is 6. The summed E-state index contributed by atoms with van der Waals surface area (Å²) in [4.78, 5) is 17.7. The van der Waals surface area contributed by atoms with Gasteiger partial charge in [0.2, 0.25) is 5.88 Å². The Morgan fingerprint density at radius 3 is 2.56 bits per heavy atom. The van der Waals surface area contributed by atoms with Crippen LogP contribution in [-0.2, 0) is 6.18 Å². The van der Waals surface area contributed by atoms with Crippen LogP contribution in [0.3, 0.4) is 0 Å². The first kappa shape index (κ1) is 31.9. The number of piperidine rings is 1. The van der Waals surface area contributed by atoms with Gasteiger partial charge in [-0.2, -0.15) is 23.1 Å². The van der Waals surface area contributed by atoms with E-state index < -0.39 is 57.6 Å². The van der Waals surface area contributed by atoms with Crippen LogP contribution < -0.4 is 25.4 Å². The largest absolute Gasteiger partial charge is 0.472 e. The number of aromatic nitrogens is 3. The van der Waals surface area contributed by atoms with Crippen molar-refractivity contribution in [3.8, 4) is 23.1 Å². The number of ether oxygens (including phenoxy) is 2. The Labute approximate surface area is 277 Å². The minimum atomic E-state index is -5.18. The number of anilines is 2. The van der Waals surface area contributed by atoms with Crippen LogP contribution in [0.15, 0.2) is 6.07 Å². The van der Waals surface area contributed by atoms with Gasteiger partial charge in [0.05, 0.1) is 28.9 Å². The normalized spacial score (nSPS) is 26.7. The van der Waals surface area contributed by atoms with Gasteiger partial charge < -0.3 is 30.3 Å². The number of alkyl halides is 4. The van der Waals surface area contributed by atoms with Crippen LogP contribution in [-0.4, -0.2) is 83.0 Å². The number of hydrogen-bond acceptors (Lipinski definition) is 9. The number of nitrogens with one attached hydrogen (secondary N) is 1. The van der Waals surface area contributed by atoms with Gasteiger partial charge in [-0.05, 0) is 51.5 Å². The zero-order valence-corrected chi connectivity index (χ0v) is 26.8. The Morgan fingerprint density at radius 2 is 1.85 bits per heavy atom. The number of fused-ring (bicyclic) bond motifs is 5. The lowest BCUT2D eigenvalue weighted by molar-refractivity contribution is -0.137. The molecule has 48 heavy (non-hydrogen) atoms. The second-order valence-electron chi connectivity index (χ2n) is 13.9. The zero-order valence-electron chi connectivity index (χ0n) is 26.0. The van der Waals surface area contributed by atoms with Crippen LogP contribution in [0.25, 0.3) is 22.2 Å². The van der Waals surface area contributed by atoms with E-state index in [0.29, 0.717) is 50.9 Å². The number of nitrogens with two attached hydrogens (primary N) is 1. The molecule has 0 spiro atoms. The highest BCUT2D eigenvalue weighted by molar-refractivity contribution is 6.32. The van der Waals surface area contributed by atoms with Gasteiger partial charge in [0, 0.05) is 49.2 Å². The van der Waals surface area contributed by atoms with Crippen molar-refractivity contribution in [1.82, 2.24) is 25.2 Å². The minimum Gasteiger partial charge on any atom is -0.472 e. The molecule has 6 heterocycles. The second kappa shape index (κ2) is 11.4. The van der Waals surface area contributed by atoms with Crippen LogP contribution >= 0.6 is 11.6 Å². The first-order valence-corrected chi connectivity index (χ1v) is 16.6. The Bertz CT molecular complexity index is 1780. The maximum Gasteiger partial charge on any atom is 0.418 e. The van der Waals surface area contributed by atoms with Crippen molar-refractivity contribution >= 4 is 34.0 Å². The fourth-order valence-corrected chi connectivity index (χ4v) is 8.24. The smallest absolute Gasteiger partial charge is 0.418 e. The van der Waals surface area contributed by atoms with Crippen LogP contribution in [0.4, 0.5) is 37.8 Å². The van der Waals surface area contributed by atoms with Crippen molar-refractivity contribution in [2.24, 2.45) is 5.41 Å². The van der Waals surface area contributed by atoms with Crippen LogP contribution in [0.5, 0.6) is 11.9 Å². The lowest BCUT2D eigenvalue weighted by Gasteiger charge is -2.42. The molecule has 2 aromatic heterocycles. The van der Waals surface area contributed by atoms with Crippen molar-refractivity contribution < 1.29 is 35.8 Å². The van der Waals surface area contributed by atoms with E-state index in [2.05, 4.69) is 20.2 Å². The predicted molar refractivity (Wildman–Crippen MR) is 166 cm³/mol. The van der Waals surface area contributed by atoms with E-state index in [-0.39, 0.29) is 52.9 Å². The molecule has 16 heteroatoms. The molecule has 1 saturated carbocycles. The lowest BCUT2D eigenvalue weighted by atomic mass is 9.99. The molecule has 0 amide bonds. The molecule has 9 nitrogen and oxygen atoms in total. The molecule has 2 bridgehead atoms. The highest BCUT2D eigenvalue weighted by Gasteiger charge is 2.49. The maximum absolute atomic E-state index is 16.8. The third kappa shape index (κ3) is 5.36. The predicted octanol–water partition coefficient (Wildman–Crippen LogP) is 5.91. The summed E-state index contributed by atoms with van der Waals surface area (Å²) >= 11 is 5.84. The number of halogens is 7. The van der Waals surface area contributed by atoms with Crippen molar-refractivity contribution in [2.45, 2.75) is 82.0 Å². The minimum absolute atomic E-state index is 0.0162. The van der Waals surface area contributed by atoms with Gasteiger partial charge in [0.1, 0.15) is 34.7 Å². The molecule has 3 N–H and O–H groups in total. The lowest BCUT2D eigenvalue weighted by Crippen LogP contribution is -2.62. The summed E-state index contributed by atoms with van der Waals surface area (Å²) < 4.78 is 101. The molecular weight excluding hydrogens is 664 g/mol. The monoisotopic (exact) mass is 697 g/mol. The van der Waals surface area contributed by atoms with Crippen molar-refractivity contribution in [3.63, 3.8) is 0 Å². The molecule has 0 radical (unpaired) electrons. The number of piperazine rings is 1. The number of pyridine rings is 1. The Balaban J connectivity index is 1.26. The molecule has 1 aromatic carbocycles. The Hall–Kier alpha value is -3.30. The first-order valence-electron chi connectivity index (χ1n) is 16.3. The van der Waals surface area contributed by atoms with E-state index in [4.69, 9.17) is 31.8 Å². The summed E-state index contributed by atoms with van der Waals surface area (Å²) in [6.45, 7) is 4.61.